The fraction of sp³-hybridized carbons (Fsp3) is 0.350. The molecule has 9 heteroatoms. The summed E-state index contributed by atoms with van der Waals surface area (Å²) in [6.45, 7) is 3.12. The van der Waals surface area contributed by atoms with E-state index in [0.29, 0.717) is 22.5 Å². The number of ether oxygens (including phenoxy) is 1. The fourth-order valence-electron chi connectivity index (χ4n) is 2.97. The first kappa shape index (κ1) is 22.6. The Hall–Kier alpha value is -2.68. The van der Waals surface area contributed by atoms with E-state index < -0.39 is 39.8 Å². The van der Waals surface area contributed by atoms with Crippen LogP contribution in [0.5, 0.6) is 5.75 Å². The molecule has 2 aromatic carbocycles. The van der Waals surface area contributed by atoms with Crippen LogP contribution in [0, 0.1) is 18.6 Å². The molecule has 2 aromatic rings. The van der Waals surface area contributed by atoms with Gasteiger partial charge in [0, 0.05) is 6.07 Å². The standard InChI is InChI=1S/C20H24F2N2O4S/c1-5-17(14-6-9-19(28-3)13(2)10-14)23-20(25)12-24(29(4,26)27)18-8-7-15(21)11-16(18)22/h6-11,17H,5,12H2,1-4H3,(H,23,25). The highest BCUT2D eigenvalue weighted by atomic mass is 32.2. The molecule has 1 amide bonds. The van der Waals surface area contributed by atoms with Gasteiger partial charge in [-0.3, -0.25) is 9.10 Å². The lowest BCUT2D eigenvalue weighted by molar-refractivity contribution is -0.120. The quantitative estimate of drug-likeness (QED) is 0.703. The largest absolute Gasteiger partial charge is 0.496 e. The van der Waals surface area contributed by atoms with E-state index in [2.05, 4.69) is 5.32 Å². The molecule has 1 atom stereocenters. The molecule has 0 radical (unpaired) electrons. The summed E-state index contributed by atoms with van der Waals surface area (Å²) in [7, 11) is -2.41. The zero-order chi connectivity index (χ0) is 21.8. The normalized spacial score (nSPS) is 12.3. The molecule has 0 bridgehead atoms. The molecular formula is C20H24F2N2O4S. The number of benzene rings is 2. The van der Waals surface area contributed by atoms with E-state index >= 15 is 0 Å². The average molecular weight is 426 g/mol. The number of rotatable bonds is 8. The first-order chi connectivity index (χ1) is 13.6. The van der Waals surface area contributed by atoms with Crippen LogP contribution in [0.25, 0.3) is 0 Å². The molecule has 6 nitrogen and oxygen atoms in total. The second kappa shape index (κ2) is 9.21. The number of halogens is 2. The highest BCUT2D eigenvalue weighted by molar-refractivity contribution is 7.92. The Kier molecular flexibility index (Phi) is 7.18. The predicted molar refractivity (Wildman–Crippen MR) is 107 cm³/mol. The zero-order valence-electron chi connectivity index (χ0n) is 16.7. The average Bonchev–Trinajstić information content (AvgIpc) is 2.64. The lowest BCUT2D eigenvalue weighted by Gasteiger charge is -2.24. The number of anilines is 1. The first-order valence-corrected chi connectivity index (χ1v) is 10.8. The number of hydrogen-bond acceptors (Lipinski definition) is 4. The van der Waals surface area contributed by atoms with Crippen molar-refractivity contribution in [3.8, 4) is 5.75 Å². The Bertz CT molecular complexity index is 996. The monoisotopic (exact) mass is 426 g/mol. The third-order valence-electron chi connectivity index (χ3n) is 4.43. The number of carbonyl (C=O) groups is 1. The van der Waals surface area contributed by atoms with Crippen LogP contribution in [0.15, 0.2) is 36.4 Å². The van der Waals surface area contributed by atoms with Gasteiger partial charge in [-0.2, -0.15) is 0 Å². The molecule has 0 aliphatic heterocycles. The van der Waals surface area contributed by atoms with Gasteiger partial charge in [-0.05, 0) is 42.7 Å². The molecule has 0 spiro atoms. The third-order valence-corrected chi connectivity index (χ3v) is 5.56. The van der Waals surface area contributed by atoms with Gasteiger partial charge in [0.05, 0.1) is 25.1 Å². The van der Waals surface area contributed by atoms with Gasteiger partial charge in [0.2, 0.25) is 15.9 Å². The van der Waals surface area contributed by atoms with E-state index in [-0.39, 0.29) is 6.04 Å². The molecule has 2 rings (SSSR count). The number of sulfonamides is 1. The Balaban J connectivity index is 2.24. The Morgan fingerprint density at radius 2 is 1.90 bits per heavy atom. The molecule has 0 aliphatic rings. The van der Waals surface area contributed by atoms with Crippen LogP contribution in [-0.4, -0.2) is 34.2 Å². The molecule has 29 heavy (non-hydrogen) atoms. The highest BCUT2D eigenvalue weighted by Gasteiger charge is 2.25. The van der Waals surface area contributed by atoms with E-state index in [4.69, 9.17) is 4.74 Å². The summed E-state index contributed by atoms with van der Waals surface area (Å²) in [5.41, 5.74) is 1.33. The molecule has 0 aliphatic carbocycles. The molecule has 1 N–H and O–H groups in total. The van der Waals surface area contributed by atoms with Crippen molar-refractivity contribution < 1.29 is 26.7 Å². The van der Waals surface area contributed by atoms with Crippen LogP contribution in [0.4, 0.5) is 14.5 Å². The van der Waals surface area contributed by atoms with E-state index in [1.165, 1.54) is 0 Å². The Morgan fingerprint density at radius 3 is 2.41 bits per heavy atom. The molecule has 0 fully saturated rings. The second-order valence-electron chi connectivity index (χ2n) is 6.62. The summed E-state index contributed by atoms with van der Waals surface area (Å²) < 4.78 is 57.3. The van der Waals surface area contributed by atoms with E-state index in [1.54, 1.807) is 13.2 Å². The molecule has 1 unspecified atom stereocenters. The smallest absolute Gasteiger partial charge is 0.241 e. The van der Waals surface area contributed by atoms with Gasteiger partial charge in [0.1, 0.15) is 23.9 Å². The Morgan fingerprint density at radius 1 is 1.21 bits per heavy atom. The summed E-state index contributed by atoms with van der Waals surface area (Å²) in [4.78, 5) is 12.6. The van der Waals surface area contributed by atoms with Gasteiger partial charge in [0.15, 0.2) is 0 Å². The van der Waals surface area contributed by atoms with Gasteiger partial charge in [-0.25, -0.2) is 17.2 Å². The predicted octanol–water partition coefficient (Wildman–Crippen LogP) is 3.32. The lowest BCUT2D eigenvalue weighted by atomic mass is 10.0. The van der Waals surface area contributed by atoms with E-state index in [1.807, 2.05) is 26.0 Å². The molecule has 158 valence electrons. The lowest BCUT2D eigenvalue weighted by Crippen LogP contribution is -2.42. The van der Waals surface area contributed by atoms with Crippen molar-refractivity contribution in [3.05, 3.63) is 59.2 Å². The number of methoxy groups -OCH3 is 1. The van der Waals surface area contributed by atoms with Gasteiger partial charge in [0.25, 0.3) is 0 Å². The van der Waals surface area contributed by atoms with Crippen LogP contribution < -0.4 is 14.4 Å². The van der Waals surface area contributed by atoms with Crippen LogP contribution >= 0.6 is 0 Å². The summed E-state index contributed by atoms with van der Waals surface area (Å²) in [6.07, 6.45) is 1.41. The van der Waals surface area contributed by atoms with Crippen molar-refractivity contribution in [1.29, 1.82) is 0 Å². The van der Waals surface area contributed by atoms with E-state index in [9.17, 15) is 22.0 Å². The van der Waals surface area contributed by atoms with Crippen molar-refractivity contribution in [3.63, 3.8) is 0 Å². The fourth-order valence-corrected chi connectivity index (χ4v) is 3.83. The van der Waals surface area contributed by atoms with Crippen molar-refractivity contribution in [2.75, 3.05) is 24.2 Å². The van der Waals surface area contributed by atoms with Crippen molar-refractivity contribution in [2.45, 2.75) is 26.3 Å². The molecule has 0 heterocycles. The zero-order valence-corrected chi connectivity index (χ0v) is 17.5. The minimum absolute atomic E-state index is 0.369. The molecule has 0 aromatic heterocycles. The topological polar surface area (TPSA) is 75.7 Å². The highest BCUT2D eigenvalue weighted by Crippen LogP contribution is 2.25. The second-order valence-corrected chi connectivity index (χ2v) is 8.53. The maximum absolute atomic E-state index is 14.1. The van der Waals surface area contributed by atoms with Crippen LogP contribution in [0.3, 0.4) is 0 Å². The number of amides is 1. The van der Waals surface area contributed by atoms with Crippen molar-refractivity contribution in [1.82, 2.24) is 5.32 Å². The maximum Gasteiger partial charge on any atom is 0.241 e. The number of nitrogens with zero attached hydrogens (tertiary/aromatic N) is 1. The first-order valence-electron chi connectivity index (χ1n) is 8.93. The summed E-state index contributed by atoms with van der Waals surface area (Å²) in [6, 6.07) is 7.60. The minimum Gasteiger partial charge on any atom is -0.496 e. The SMILES string of the molecule is CCC(NC(=O)CN(c1ccc(F)cc1F)S(C)(=O)=O)c1ccc(OC)c(C)c1. The summed E-state index contributed by atoms with van der Waals surface area (Å²) in [5.74, 6) is -1.81. The van der Waals surface area contributed by atoms with Crippen LogP contribution in [-0.2, 0) is 14.8 Å². The third kappa shape index (κ3) is 5.66. The number of nitrogens with one attached hydrogen (secondary N) is 1. The molecule has 0 saturated heterocycles. The van der Waals surface area contributed by atoms with E-state index in [0.717, 1.165) is 29.5 Å². The van der Waals surface area contributed by atoms with Gasteiger partial charge >= 0.3 is 0 Å². The molecular weight excluding hydrogens is 402 g/mol. The van der Waals surface area contributed by atoms with Gasteiger partial charge in [-0.15, -0.1) is 0 Å². The van der Waals surface area contributed by atoms with Crippen molar-refractivity contribution >= 4 is 21.6 Å². The van der Waals surface area contributed by atoms with Crippen molar-refractivity contribution in [2.24, 2.45) is 0 Å². The number of carbonyl (C=O) groups excluding carboxylic acids is 1. The van der Waals surface area contributed by atoms with Crippen LogP contribution in [0.1, 0.15) is 30.5 Å². The maximum atomic E-state index is 14.1. The number of hydrogen-bond donors (Lipinski definition) is 1. The molecule has 0 saturated carbocycles. The van der Waals surface area contributed by atoms with Gasteiger partial charge < -0.3 is 10.1 Å². The summed E-state index contributed by atoms with van der Waals surface area (Å²) in [5, 5.41) is 2.77. The van der Waals surface area contributed by atoms with Gasteiger partial charge in [-0.1, -0.05) is 19.1 Å². The number of aryl methyl sites for hydroxylation is 1. The van der Waals surface area contributed by atoms with Crippen LogP contribution in [0.2, 0.25) is 0 Å². The Labute approximate surface area is 169 Å². The minimum atomic E-state index is -3.98. The summed E-state index contributed by atoms with van der Waals surface area (Å²) >= 11 is 0.